The van der Waals surface area contributed by atoms with Gasteiger partial charge in [-0.15, -0.1) is 0 Å². The Bertz CT molecular complexity index is 1120. The first-order valence-electron chi connectivity index (χ1n) is 11.3. The van der Waals surface area contributed by atoms with Crippen LogP contribution in [0.5, 0.6) is 11.6 Å². The molecule has 8 heteroatoms. The minimum Gasteiger partial charge on any atom is -0.493 e. The molecular weight excluding hydrogens is 410 g/mol. The lowest BCUT2D eigenvalue weighted by atomic mass is 9.48. The summed E-state index contributed by atoms with van der Waals surface area (Å²) >= 11 is 0. The number of aromatic hydroxyl groups is 1. The van der Waals surface area contributed by atoms with Crippen LogP contribution in [0.25, 0.3) is 12.2 Å². The minimum absolute atomic E-state index is 0.0424. The summed E-state index contributed by atoms with van der Waals surface area (Å²) in [6.45, 7) is 2.44. The SMILES string of the molecule is CCOc1ccc(C23CC4CC(CC(C4)C2)C3)cc1/C=C\c1nc(O)c([N+](=O)[O-])c(=O)[nH]1. The average Bonchev–Trinajstić information content (AvgIpc) is 2.71. The zero-order valence-corrected chi connectivity index (χ0v) is 18.0. The van der Waals surface area contributed by atoms with E-state index in [0.717, 1.165) is 29.1 Å². The smallest absolute Gasteiger partial charge is 0.395 e. The van der Waals surface area contributed by atoms with Crippen LogP contribution in [0.3, 0.4) is 0 Å². The van der Waals surface area contributed by atoms with E-state index in [2.05, 4.69) is 22.1 Å². The predicted octanol–water partition coefficient (Wildman–Crippen LogP) is 4.42. The third-order valence-corrected chi connectivity index (χ3v) is 7.46. The number of nitro groups is 1. The van der Waals surface area contributed by atoms with Gasteiger partial charge in [-0.05, 0) is 98.5 Å². The standard InChI is InChI=1S/C24H27N3O5/c1-2-32-19-5-4-18(24-11-14-7-15(12-24)9-16(8-14)13-24)10-17(19)3-6-20-25-22(28)21(27(30)31)23(29)26-20/h3-6,10,14-16H,2,7-9,11-13H2,1H3,(H2,25,26,28,29)/b6-3-. The maximum absolute atomic E-state index is 11.9. The molecule has 168 valence electrons. The molecule has 0 radical (unpaired) electrons. The van der Waals surface area contributed by atoms with Crippen molar-refractivity contribution in [3.63, 3.8) is 0 Å². The van der Waals surface area contributed by atoms with Crippen molar-refractivity contribution < 1.29 is 14.8 Å². The molecule has 0 saturated heterocycles. The Hall–Kier alpha value is -3.16. The van der Waals surface area contributed by atoms with Crippen LogP contribution in [-0.4, -0.2) is 26.6 Å². The zero-order chi connectivity index (χ0) is 22.5. The van der Waals surface area contributed by atoms with Gasteiger partial charge in [-0.25, -0.2) is 0 Å². The zero-order valence-electron chi connectivity index (χ0n) is 18.0. The Morgan fingerprint density at radius 3 is 2.44 bits per heavy atom. The number of rotatable bonds is 6. The third-order valence-electron chi connectivity index (χ3n) is 7.46. The summed E-state index contributed by atoms with van der Waals surface area (Å²) in [4.78, 5) is 28.0. The van der Waals surface area contributed by atoms with E-state index in [1.165, 1.54) is 50.2 Å². The molecule has 1 heterocycles. The fourth-order valence-electron chi connectivity index (χ4n) is 6.64. The van der Waals surface area contributed by atoms with Crippen molar-refractivity contribution in [2.75, 3.05) is 6.61 Å². The summed E-state index contributed by atoms with van der Waals surface area (Å²) in [6, 6.07) is 6.39. The lowest BCUT2D eigenvalue weighted by Gasteiger charge is -2.57. The molecule has 8 nitrogen and oxygen atoms in total. The van der Waals surface area contributed by atoms with Gasteiger partial charge >= 0.3 is 11.2 Å². The van der Waals surface area contributed by atoms with Gasteiger partial charge in [0.2, 0.25) is 0 Å². The minimum atomic E-state index is -0.991. The van der Waals surface area contributed by atoms with Crippen LogP contribution in [0, 0.1) is 27.9 Å². The van der Waals surface area contributed by atoms with E-state index in [9.17, 15) is 20.0 Å². The summed E-state index contributed by atoms with van der Waals surface area (Å²) in [6.07, 6.45) is 11.2. The molecule has 2 N–H and O–H groups in total. The van der Waals surface area contributed by atoms with E-state index in [0.29, 0.717) is 6.61 Å². The van der Waals surface area contributed by atoms with Crippen LogP contribution in [0.4, 0.5) is 5.69 Å². The lowest BCUT2D eigenvalue weighted by Crippen LogP contribution is -2.48. The highest BCUT2D eigenvalue weighted by atomic mass is 16.6. The van der Waals surface area contributed by atoms with Gasteiger partial charge in [0.25, 0.3) is 5.88 Å². The molecular formula is C24H27N3O5. The molecule has 6 rings (SSSR count). The van der Waals surface area contributed by atoms with Crippen molar-refractivity contribution in [1.82, 2.24) is 9.97 Å². The summed E-state index contributed by atoms with van der Waals surface area (Å²) in [5.74, 6) is 2.38. The number of aromatic amines is 1. The fourth-order valence-corrected chi connectivity index (χ4v) is 6.64. The molecule has 1 aromatic heterocycles. The Labute approximate surface area is 185 Å². The number of ether oxygens (including phenoxy) is 1. The number of benzene rings is 1. The molecule has 0 atom stereocenters. The van der Waals surface area contributed by atoms with Gasteiger partial charge in [-0.1, -0.05) is 6.07 Å². The van der Waals surface area contributed by atoms with Crippen LogP contribution in [-0.2, 0) is 5.41 Å². The topological polar surface area (TPSA) is 118 Å². The van der Waals surface area contributed by atoms with Gasteiger partial charge in [-0.2, -0.15) is 4.98 Å². The first-order chi connectivity index (χ1) is 15.4. The van der Waals surface area contributed by atoms with Crippen LogP contribution in [0.1, 0.15) is 62.4 Å². The van der Waals surface area contributed by atoms with Crippen LogP contribution < -0.4 is 10.3 Å². The van der Waals surface area contributed by atoms with E-state index in [1.807, 2.05) is 13.0 Å². The first kappa shape index (κ1) is 20.7. The van der Waals surface area contributed by atoms with E-state index in [4.69, 9.17) is 4.74 Å². The van der Waals surface area contributed by atoms with E-state index in [1.54, 1.807) is 6.08 Å². The maximum atomic E-state index is 11.9. The fraction of sp³-hybridized carbons (Fsp3) is 0.500. The van der Waals surface area contributed by atoms with Crippen molar-refractivity contribution >= 4 is 17.8 Å². The number of nitrogens with zero attached hydrogens (tertiary/aromatic N) is 2. The second kappa shape index (κ2) is 7.76. The molecule has 4 aliphatic carbocycles. The molecule has 32 heavy (non-hydrogen) atoms. The monoisotopic (exact) mass is 437 g/mol. The molecule has 4 fully saturated rings. The van der Waals surface area contributed by atoms with E-state index >= 15 is 0 Å². The molecule has 2 aromatic rings. The highest BCUT2D eigenvalue weighted by Gasteiger charge is 2.51. The molecule has 4 saturated carbocycles. The maximum Gasteiger partial charge on any atom is 0.395 e. The molecule has 4 bridgehead atoms. The largest absolute Gasteiger partial charge is 0.493 e. The van der Waals surface area contributed by atoms with Gasteiger partial charge in [0, 0.05) is 5.56 Å². The molecule has 0 aliphatic heterocycles. The third kappa shape index (κ3) is 3.57. The molecule has 0 amide bonds. The van der Waals surface area contributed by atoms with Crippen LogP contribution in [0.2, 0.25) is 0 Å². The Kier molecular flexibility index (Phi) is 5.03. The molecule has 1 aromatic carbocycles. The van der Waals surface area contributed by atoms with Crippen LogP contribution >= 0.6 is 0 Å². The van der Waals surface area contributed by atoms with Crippen molar-refractivity contribution in [1.29, 1.82) is 0 Å². The van der Waals surface area contributed by atoms with Gasteiger partial charge < -0.3 is 14.8 Å². The molecule has 4 aliphatic rings. The van der Waals surface area contributed by atoms with Crippen LogP contribution in [0.15, 0.2) is 23.0 Å². The highest BCUT2D eigenvalue weighted by Crippen LogP contribution is 2.60. The van der Waals surface area contributed by atoms with E-state index < -0.39 is 22.0 Å². The second-order valence-electron chi connectivity index (χ2n) is 9.60. The Morgan fingerprint density at radius 1 is 1.22 bits per heavy atom. The summed E-state index contributed by atoms with van der Waals surface area (Å²) in [5.41, 5.74) is 0.490. The van der Waals surface area contributed by atoms with Crippen molar-refractivity contribution in [2.45, 2.75) is 50.9 Å². The number of nitrogens with one attached hydrogen (secondary N) is 1. The quantitative estimate of drug-likeness (QED) is 0.510. The number of hydrogen-bond donors (Lipinski definition) is 2. The summed E-state index contributed by atoms with van der Waals surface area (Å²) in [7, 11) is 0. The normalized spacial score (nSPS) is 28.3. The summed E-state index contributed by atoms with van der Waals surface area (Å²) < 4.78 is 5.82. The Morgan fingerprint density at radius 2 is 1.88 bits per heavy atom. The number of aromatic nitrogens is 2. The summed E-state index contributed by atoms with van der Waals surface area (Å²) in [5, 5.41) is 20.7. The van der Waals surface area contributed by atoms with E-state index in [-0.39, 0.29) is 11.2 Å². The number of H-pyrrole nitrogens is 1. The predicted molar refractivity (Wildman–Crippen MR) is 120 cm³/mol. The highest BCUT2D eigenvalue weighted by molar-refractivity contribution is 5.71. The van der Waals surface area contributed by atoms with Gasteiger partial charge in [-0.3, -0.25) is 14.9 Å². The van der Waals surface area contributed by atoms with Crippen molar-refractivity contribution in [3.05, 3.63) is 55.6 Å². The van der Waals surface area contributed by atoms with Gasteiger partial charge in [0.1, 0.15) is 11.6 Å². The Balaban J connectivity index is 1.50. The van der Waals surface area contributed by atoms with Gasteiger partial charge in [0.05, 0.1) is 11.5 Å². The van der Waals surface area contributed by atoms with Crippen molar-refractivity contribution in [2.24, 2.45) is 17.8 Å². The van der Waals surface area contributed by atoms with Crippen molar-refractivity contribution in [3.8, 4) is 11.6 Å². The molecule has 0 unspecified atom stereocenters. The first-order valence-corrected chi connectivity index (χ1v) is 11.3. The lowest BCUT2D eigenvalue weighted by molar-refractivity contribution is -0.387. The number of hydrogen-bond acceptors (Lipinski definition) is 6. The van der Waals surface area contributed by atoms with Gasteiger partial charge in [0.15, 0.2) is 0 Å². The average molecular weight is 437 g/mol. The molecule has 0 spiro atoms. The second-order valence-corrected chi connectivity index (χ2v) is 9.60.